The van der Waals surface area contributed by atoms with E-state index in [1.54, 1.807) is 0 Å². The predicted molar refractivity (Wildman–Crippen MR) is 78.7 cm³/mol. The number of rotatable bonds is 5. The van der Waals surface area contributed by atoms with Crippen LogP contribution >= 0.6 is 12.4 Å². The highest BCUT2D eigenvalue weighted by Gasteiger charge is 2.62. The van der Waals surface area contributed by atoms with E-state index >= 15 is 0 Å². The molecule has 0 aliphatic heterocycles. The van der Waals surface area contributed by atoms with Gasteiger partial charge in [0.25, 0.3) is 0 Å². The van der Waals surface area contributed by atoms with E-state index < -0.39 is 5.41 Å². The largest absolute Gasteiger partial charge is 0.465 e. The first-order valence-corrected chi connectivity index (χ1v) is 6.48. The molecule has 1 unspecified atom stereocenters. The molecule has 19 heavy (non-hydrogen) atoms. The Morgan fingerprint density at radius 1 is 1.37 bits per heavy atom. The van der Waals surface area contributed by atoms with Crippen LogP contribution in [0.4, 0.5) is 0 Å². The minimum Gasteiger partial charge on any atom is -0.465 e. The van der Waals surface area contributed by atoms with Crippen molar-refractivity contribution in [2.45, 2.75) is 18.8 Å². The van der Waals surface area contributed by atoms with Gasteiger partial charge in [0, 0.05) is 6.54 Å². The zero-order chi connectivity index (χ0) is 13.2. The molecule has 2 atom stereocenters. The zero-order valence-electron chi connectivity index (χ0n) is 11.8. The number of hydrogen-bond acceptors (Lipinski definition) is 3. The van der Waals surface area contributed by atoms with Gasteiger partial charge in [0.1, 0.15) is 0 Å². The first kappa shape index (κ1) is 16.0. The summed E-state index contributed by atoms with van der Waals surface area (Å²) in [5.41, 5.74) is 0.692. The summed E-state index contributed by atoms with van der Waals surface area (Å²) in [7, 11) is 4.08. The molecule has 1 aromatic carbocycles. The van der Waals surface area contributed by atoms with Crippen molar-refractivity contribution in [3.63, 3.8) is 0 Å². The first-order valence-electron chi connectivity index (χ1n) is 6.48. The summed E-state index contributed by atoms with van der Waals surface area (Å²) in [6.07, 6.45) is 0.897. The molecule has 0 heterocycles. The Morgan fingerprint density at radius 2 is 2.00 bits per heavy atom. The van der Waals surface area contributed by atoms with E-state index in [0.29, 0.717) is 12.5 Å². The molecule has 0 amide bonds. The van der Waals surface area contributed by atoms with E-state index in [-0.39, 0.29) is 18.4 Å². The van der Waals surface area contributed by atoms with Gasteiger partial charge in [-0.25, -0.2) is 0 Å². The fourth-order valence-electron chi connectivity index (χ4n) is 2.71. The standard InChI is InChI=1S/C15H21NO2.ClH/c1-4-18-14(17)15(10-13(15)11-16(2)3)12-8-6-5-7-9-12;/h5-9,13H,4,10-11H2,1-3H3;1H/t13?,15-;/m1./s1. The molecule has 0 aromatic heterocycles. The maximum Gasteiger partial charge on any atom is 0.316 e. The lowest BCUT2D eigenvalue weighted by Crippen LogP contribution is -2.29. The molecule has 1 fully saturated rings. The number of ether oxygens (including phenoxy) is 1. The van der Waals surface area contributed by atoms with Gasteiger partial charge in [0.2, 0.25) is 0 Å². The average molecular weight is 284 g/mol. The third-order valence-corrected chi connectivity index (χ3v) is 3.62. The van der Waals surface area contributed by atoms with Gasteiger partial charge in [-0.1, -0.05) is 30.3 Å². The molecular formula is C15H22ClNO2. The van der Waals surface area contributed by atoms with Crippen molar-refractivity contribution in [1.82, 2.24) is 4.90 Å². The second-order valence-electron chi connectivity index (χ2n) is 5.22. The van der Waals surface area contributed by atoms with Crippen molar-refractivity contribution in [2.24, 2.45) is 5.92 Å². The van der Waals surface area contributed by atoms with E-state index in [0.717, 1.165) is 18.5 Å². The molecule has 0 saturated heterocycles. The molecule has 4 heteroatoms. The highest BCUT2D eigenvalue weighted by atomic mass is 35.5. The van der Waals surface area contributed by atoms with Crippen LogP contribution in [0.2, 0.25) is 0 Å². The maximum atomic E-state index is 12.3. The molecule has 0 N–H and O–H groups in total. The number of hydrogen-bond donors (Lipinski definition) is 0. The molecule has 3 nitrogen and oxygen atoms in total. The second kappa shape index (κ2) is 6.40. The van der Waals surface area contributed by atoms with Crippen LogP contribution in [0.25, 0.3) is 0 Å². The van der Waals surface area contributed by atoms with Gasteiger partial charge < -0.3 is 9.64 Å². The third-order valence-electron chi connectivity index (χ3n) is 3.62. The Bertz CT molecular complexity index is 421. The Kier molecular flexibility index (Phi) is 5.39. The molecular weight excluding hydrogens is 262 g/mol. The first-order chi connectivity index (χ1) is 8.61. The lowest BCUT2D eigenvalue weighted by molar-refractivity contribution is -0.146. The lowest BCUT2D eigenvalue weighted by Gasteiger charge is -2.18. The van der Waals surface area contributed by atoms with Gasteiger partial charge in [-0.3, -0.25) is 4.79 Å². The Hall–Kier alpha value is -1.06. The number of halogens is 1. The monoisotopic (exact) mass is 283 g/mol. The van der Waals surface area contributed by atoms with E-state index in [1.807, 2.05) is 51.4 Å². The number of carbonyl (C=O) groups is 1. The van der Waals surface area contributed by atoms with Gasteiger partial charge in [0.15, 0.2) is 0 Å². The van der Waals surface area contributed by atoms with Crippen molar-refractivity contribution in [3.05, 3.63) is 35.9 Å². The van der Waals surface area contributed by atoms with E-state index in [9.17, 15) is 4.79 Å². The summed E-state index contributed by atoms with van der Waals surface area (Å²) in [6, 6.07) is 10.0. The highest BCUT2D eigenvalue weighted by molar-refractivity contribution is 5.87. The maximum absolute atomic E-state index is 12.3. The number of carbonyl (C=O) groups excluding carboxylic acids is 1. The van der Waals surface area contributed by atoms with Crippen LogP contribution in [-0.2, 0) is 14.9 Å². The Balaban J connectivity index is 0.00000180. The Morgan fingerprint density at radius 3 is 2.53 bits per heavy atom. The van der Waals surface area contributed by atoms with E-state index in [4.69, 9.17) is 4.74 Å². The number of esters is 1. The smallest absolute Gasteiger partial charge is 0.316 e. The van der Waals surface area contributed by atoms with E-state index in [1.165, 1.54) is 0 Å². The quantitative estimate of drug-likeness (QED) is 0.778. The summed E-state index contributed by atoms with van der Waals surface area (Å²) in [5.74, 6) is 0.303. The number of benzene rings is 1. The summed E-state index contributed by atoms with van der Waals surface area (Å²) in [6.45, 7) is 3.23. The fourth-order valence-corrected chi connectivity index (χ4v) is 2.71. The van der Waals surface area contributed by atoms with Crippen LogP contribution in [0.15, 0.2) is 30.3 Å². The molecule has 0 radical (unpaired) electrons. The van der Waals surface area contributed by atoms with Gasteiger partial charge in [0.05, 0.1) is 12.0 Å². The number of nitrogens with zero attached hydrogens (tertiary/aromatic N) is 1. The fraction of sp³-hybridized carbons (Fsp3) is 0.533. The van der Waals surface area contributed by atoms with Crippen LogP contribution in [0.3, 0.4) is 0 Å². The third kappa shape index (κ3) is 3.10. The van der Waals surface area contributed by atoms with Gasteiger partial charge >= 0.3 is 5.97 Å². The molecule has 0 bridgehead atoms. The van der Waals surface area contributed by atoms with Crippen LogP contribution in [0.1, 0.15) is 18.9 Å². The highest BCUT2D eigenvalue weighted by Crippen LogP contribution is 2.55. The topological polar surface area (TPSA) is 29.5 Å². The van der Waals surface area contributed by atoms with Crippen molar-refractivity contribution < 1.29 is 9.53 Å². The summed E-state index contributed by atoms with van der Waals surface area (Å²) >= 11 is 0. The lowest BCUT2D eigenvalue weighted by atomic mass is 9.93. The summed E-state index contributed by atoms with van der Waals surface area (Å²) < 4.78 is 5.28. The normalized spacial score (nSPS) is 24.7. The van der Waals surface area contributed by atoms with Crippen LogP contribution in [-0.4, -0.2) is 38.1 Å². The van der Waals surface area contributed by atoms with Crippen LogP contribution in [0.5, 0.6) is 0 Å². The van der Waals surface area contributed by atoms with E-state index in [2.05, 4.69) is 4.90 Å². The summed E-state index contributed by atoms with van der Waals surface area (Å²) in [5, 5.41) is 0. The second-order valence-corrected chi connectivity index (χ2v) is 5.22. The van der Waals surface area contributed by atoms with Gasteiger partial charge in [-0.2, -0.15) is 0 Å². The molecule has 1 aromatic rings. The SMILES string of the molecule is CCOC(=O)[C@@]1(c2ccccc2)CC1CN(C)C.Cl. The minimum absolute atomic E-state index is 0. The van der Waals surface area contributed by atoms with Crippen LogP contribution < -0.4 is 0 Å². The Labute approximate surface area is 121 Å². The predicted octanol–water partition coefficient (Wildman–Crippen LogP) is 2.49. The molecule has 0 spiro atoms. The van der Waals surface area contributed by atoms with Gasteiger partial charge in [-0.05, 0) is 38.9 Å². The molecule has 1 saturated carbocycles. The molecule has 2 rings (SSSR count). The van der Waals surface area contributed by atoms with Gasteiger partial charge in [-0.15, -0.1) is 12.4 Å². The minimum atomic E-state index is -0.401. The van der Waals surface area contributed by atoms with Crippen LogP contribution in [0, 0.1) is 5.92 Å². The van der Waals surface area contributed by atoms with Crippen molar-refractivity contribution >= 4 is 18.4 Å². The summed E-state index contributed by atoms with van der Waals surface area (Å²) in [4.78, 5) is 14.4. The molecule has 106 valence electrons. The molecule has 1 aliphatic carbocycles. The zero-order valence-corrected chi connectivity index (χ0v) is 12.6. The average Bonchev–Trinajstić information content (AvgIpc) is 3.05. The van der Waals surface area contributed by atoms with Crippen molar-refractivity contribution in [1.29, 1.82) is 0 Å². The van der Waals surface area contributed by atoms with Crippen molar-refractivity contribution in [2.75, 3.05) is 27.2 Å². The van der Waals surface area contributed by atoms with Crippen molar-refractivity contribution in [3.8, 4) is 0 Å². The molecule has 1 aliphatic rings.